The van der Waals surface area contributed by atoms with Gasteiger partial charge in [0, 0.05) is 22.6 Å². The number of carbonyl (C=O) groups excluding carboxylic acids is 1. The molecule has 0 bridgehead atoms. The number of rotatable bonds is 6. The molecule has 0 heterocycles. The summed E-state index contributed by atoms with van der Waals surface area (Å²) in [5.74, 6) is 0.135. The van der Waals surface area contributed by atoms with Gasteiger partial charge in [-0.3, -0.25) is 19.1 Å². The van der Waals surface area contributed by atoms with Gasteiger partial charge in [0.25, 0.3) is 5.69 Å². The molecule has 2 aromatic rings. The van der Waals surface area contributed by atoms with E-state index in [1.807, 2.05) is 0 Å². The summed E-state index contributed by atoms with van der Waals surface area (Å²) in [7, 11) is 0.0545. The highest BCUT2D eigenvalue weighted by Gasteiger charge is 2.14. The fourth-order valence-corrected chi connectivity index (χ4v) is 2.79. The van der Waals surface area contributed by atoms with E-state index in [0.717, 1.165) is 0 Å². The van der Waals surface area contributed by atoms with Crippen molar-refractivity contribution in [3.63, 3.8) is 0 Å². The summed E-state index contributed by atoms with van der Waals surface area (Å²) in [5.41, 5.74) is 0.209. The number of hydrogen-bond acceptors (Lipinski definition) is 5. The van der Waals surface area contributed by atoms with Gasteiger partial charge in [-0.2, -0.15) is 0 Å². The first kappa shape index (κ1) is 15.8. The fourth-order valence-electron chi connectivity index (χ4n) is 1.78. The standard InChI is InChI=1S/C15H13NO5S/c1-21-13-6-8-14(9-7-13)22(20)10-15(17)11-2-4-12(5-3-11)16(18)19/h2-9H,10H2,1H3. The Morgan fingerprint density at radius 1 is 1.14 bits per heavy atom. The third kappa shape index (κ3) is 3.76. The Morgan fingerprint density at radius 3 is 2.23 bits per heavy atom. The van der Waals surface area contributed by atoms with E-state index in [1.165, 1.54) is 31.4 Å². The zero-order valence-electron chi connectivity index (χ0n) is 11.7. The minimum atomic E-state index is -1.48. The molecule has 2 aromatic carbocycles. The van der Waals surface area contributed by atoms with Crippen molar-refractivity contribution in [2.45, 2.75) is 4.90 Å². The van der Waals surface area contributed by atoms with Crippen LogP contribution >= 0.6 is 0 Å². The molecule has 0 aromatic heterocycles. The van der Waals surface area contributed by atoms with Crippen LogP contribution in [-0.4, -0.2) is 27.8 Å². The normalized spacial score (nSPS) is 11.7. The van der Waals surface area contributed by atoms with E-state index in [2.05, 4.69) is 0 Å². The molecule has 1 unspecified atom stereocenters. The van der Waals surface area contributed by atoms with Gasteiger partial charge < -0.3 is 4.74 Å². The molecule has 0 N–H and O–H groups in total. The van der Waals surface area contributed by atoms with Crippen molar-refractivity contribution in [3.8, 4) is 5.75 Å². The molecular formula is C15H13NO5S. The van der Waals surface area contributed by atoms with Crippen molar-refractivity contribution < 1.29 is 18.7 Å². The van der Waals surface area contributed by atoms with E-state index in [-0.39, 0.29) is 17.2 Å². The van der Waals surface area contributed by atoms with E-state index >= 15 is 0 Å². The van der Waals surface area contributed by atoms with Crippen molar-refractivity contribution in [3.05, 3.63) is 64.2 Å². The van der Waals surface area contributed by atoms with Crippen molar-refractivity contribution in [2.75, 3.05) is 12.9 Å². The Labute approximate surface area is 129 Å². The number of methoxy groups -OCH3 is 1. The van der Waals surface area contributed by atoms with Gasteiger partial charge in [-0.25, -0.2) is 0 Å². The highest BCUT2D eigenvalue weighted by molar-refractivity contribution is 7.85. The second-order valence-corrected chi connectivity index (χ2v) is 5.84. The summed E-state index contributed by atoms with van der Waals surface area (Å²) < 4.78 is 17.2. The van der Waals surface area contributed by atoms with Gasteiger partial charge in [0.05, 0.1) is 28.6 Å². The predicted octanol–water partition coefficient (Wildman–Crippen LogP) is 2.59. The number of nitro benzene ring substituents is 1. The van der Waals surface area contributed by atoms with Gasteiger partial charge in [-0.05, 0) is 36.4 Å². The van der Waals surface area contributed by atoms with Gasteiger partial charge in [-0.1, -0.05) is 0 Å². The molecule has 0 radical (unpaired) electrons. The van der Waals surface area contributed by atoms with Crippen molar-refractivity contribution in [1.82, 2.24) is 0 Å². The van der Waals surface area contributed by atoms with Crippen LogP contribution in [0.5, 0.6) is 5.75 Å². The molecular weight excluding hydrogens is 306 g/mol. The average Bonchev–Trinajstić information content (AvgIpc) is 2.54. The van der Waals surface area contributed by atoms with Crippen LogP contribution < -0.4 is 4.74 Å². The zero-order chi connectivity index (χ0) is 16.1. The fraction of sp³-hybridized carbons (Fsp3) is 0.133. The Bertz CT molecular complexity index is 710. The number of nitro groups is 1. The minimum absolute atomic E-state index is 0.0900. The number of non-ortho nitro benzene ring substituents is 1. The first-order valence-corrected chi connectivity index (χ1v) is 7.63. The molecule has 0 aliphatic carbocycles. The Balaban J connectivity index is 2.06. The first-order valence-electron chi connectivity index (χ1n) is 6.31. The quantitative estimate of drug-likeness (QED) is 0.464. The SMILES string of the molecule is COc1ccc(S(=O)CC(=O)c2ccc([N+](=O)[O-])cc2)cc1. The Hall–Kier alpha value is -2.54. The monoisotopic (exact) mass is 319 g/mol. The number of hydrogen-bond donors (Lipinski definition) is 0. The van der Waals surface area contributed by atoms with Crippen molar-refractivity contribution in [2.24, 2.45) is 0 Å². The topological polar surface area (TPSA) is 86.5 Å². The van der Waals surface area contributed by atoms with E-state index in [9.17, 15) is 19.1 Å². The van der Waals surface area contributed by atoms with Crippen molar-refractivity contribution >= 4 is 22.3 Å². The van der Waals surface area contributed by atoms with Crippen LogP contribution in [0.1, 0.15) is 10.4 Å². The molecule has 114 valence electrons. The lowest BCUT2D eigenvalue weighted by atomic mass is 10.1. The van der Waals surface area contributed by atoms with Crippen molar-refractivity contribution in [1.29, 1.82) is 0 Å². The molecule has 0 saturated heterocycles. The molecule has 0 amide bonds. The smallest absolute Gasteiger partial charge is 0.269 e. The predicted molar refractivity (Wildman–Crippen MR) is 81.7 cm³/mol. The maximum Gasteiger partial charge on any atom is 0.269 e. The largest absolute Gasteiger partial charge is 0.497 e. The highest BCUT2D eigenvalue weighted by atomic mass is 32.2. The van der Waals surface area contributed by atoms with Gasteiger partial charge in [0.1, 0.15) is 5.75 Å². The number of nitrogens with zero attached hydrogens (tertiary/aromatic N) is 1. The summed E-state index contributed by atoms with van der Waals surface area (Å²) in [6.07, 6.45) is 0. The average molecular weight is 319 g/mol. The molecule has 7 heteroatoms. The molecule has 0 spiro atoms. The maximum absolute atomic E-state index is 12.1. The van der Waals surface area contributed by atoms with Crippen LogP contribution in [0.25, 0.3) is 0 Å². The number of Topliss-reactive ketones (excluding diaryl/α,β-unsaturated/α-hetero) is 1. The Morgan fingerprint density at radius 2 is 1.73 bits per heavy atom. The van der Waals surface area contributed by atoms with Crippen LogP contribution in [-0.2, 0) is 10.8 Å². The maximum atomic E-state index is 12.1. The van der Waals surface area contributed by atoms with Gasteiger partial charge in [0.2, 0.25) is 0 Å². The summed E-state index contributed by atoms with van der Waals surface area (Å²) in [6.45, 7) is 0. The van der Waals surface area contributed by atoms with Crippen LogP contribution in [0.4, 0.5) is 5.69 Å². The van der Waals surface area contributed by atoms with Crippen LogP contribution in [0.2, 0.25) is 0 Å². The number of ether oxygens (including phenoxy) is 1. The molecule has 2 rings (SSSR count). The Kier molecular flexibility index (Phi) is 5.00. The molecule has 22 heavy (non-hydrogen) atoms. The summed E-state index contributed by atoms with van der Waals surface area (Å²) in [4.78, 5) is 22.6. The minimum Gasteiger partial charge on any atom is -0.497 e. The lowest BCUT2D eigenvalue weighted by Crippen LogP contribution is -2.11. The highest BCUT2D eigenvalue weighted by Crippen LogP contribution is 2.16. The van der Waals surface area contributed by atoms with E-state index < -0.39 is 15.7 Å². The van der Waals surface area contributed by atoms with E-state index in [4.69, 9.17) is 4.74 Å². The molecule has 0 fully saturated rings. The molecule has 6 nitrogen and oxygen atoms in total. The molecule has 0 saturated carbocycles. The zero-order valence-corrected chi connectivity index (χ0v) is 12.5. The van der Waals surface area contributed by atoms with E-state index in [1.54, 1.807) is 24.3 Å². The molecule has 0 aliphatic rings. The lowest BCUT2D eigenvalue weighted by molar-refractivity contribution is -0.384. The van der Waals surface area contributed by atoms with Crippen LogP contribution in [0.15, 0.2) is 53.4 Å². The second-order valence-electron chi connectivity index (χ2n) is 4.39. The van der Waals surface area contributed by atoms with Crippen LogP contribution in [0, 0.1) is 10.1 Å². The van der Waals surface area contributed by atoms with Gasteiger partial charge in [0.15, 0.2) is 5.78 Å². The second kappa shape index (κ2) is 6.95. The third-order valence-electron chi connectivity index (χ3n) is 2.98. The number of benzene rings is 2. The molecule has 0 aliphatic heterocycles. The first-order chi connectivity index (χ1) is 10.5. The molecule has 1 atom stereocenters. The summed E-state index contributed by atoms with van der Waals surface area (Å²) >= 11 is 0. The summed E-state index contributed by atoms with van der Waals surface area (Å²) in [5, 5.41) is 10.6. The van der Waals surface area contributed by atoms with Crippen LogP contribution in [0.3, 0.4) is 0 Å². The number of ketones is 1. The number of carbonyl (C=O) groups is 1. The van der Waals surface area contributed by atoms with E-state index in [0.29, 0.717) is 16.2 Å². The lowest BCUT2D eigenvalue weighted by Gasteiger charge is -2.04. The summed E-state index contributed by atoms with van der Waals surface area (Å²) in [6, 6.07) is 11.9. The van der Waals surface area contributed by atoms with Gasteiger partial charge >= 0.3 is 0 Å². The third-order valence-corrected chi connectivity index (χ3v) is 4.31. The van der Waals surface area contributed by atoms with Gasteiger partial charge in [-0.15, -0.1) is 0 Å².